The highest BCUT2D eigenvalue weighted by molar-refractivity contribution is 6.30. The summed E-state index contributed by atoms with van der Waals surface area (Å²) in [6.45, 7) is 10.2. The topological polar surface area (TPSA) is 9.23 Å². The van der Waals surface area contributed by atoms with Gasteiger partial charge in [-0.1, -0.05) is 17.7 Å². The van der Waals surface area contributed by atoms with E-state index in [1.165, 1.54) is 0 Å². The smallest absolute Gasteiger partial charge is 0.121 e. The van der Waals surface area contributed by atoms with Crippen LogP contribution in [0, 0.1) is 6.92 Å². The molecule has 0 aromatic heterocycles. The van der Waals surface area contributed by atoms with Crippen LogP contribution in [0.3, 0.4) is 0 Å². The number of ether oxygens (including phenoxy) is 1. The number of rotatable bonds is 4. The van der Waals surface area contributed by atoms with Crippen molar-refractivity contribution in [3.05, 3.63) is 48.4 Å². The van der Waals surface area contributed by atoms with Crippen LogP contribution in [0.4, 0.5) is 0 Å². The van der Waals surface area contributed by atoms with Gasteiger partial charge in [-0.25, -0.2) is 0 Å². The molecular weight excluding hydrogens is 196 g/mol. The fourth-order valence-corrected chi connectivity index (χ4v) is 1.42. The third-order valence-electron chi connectivity index (χ3n) is 1.92. The number of hydrogen-bond acceptors (Lipinski definition) is 1. The molecule has 1 nitrogen and oxygen atoms in total. The van der Waals surface area contributed by atoms with Crippen molar-refractivity contribution >= 4 is 11.6 Å². The molecule has 0 saturated heterocycles. The Morgan fingerprint density at radius 3 is 2.79 bits per heavy atom. The monoisotopic (exact) mass is 209 g/mol. The molecule has 2 heteroatoms. The first-order valence-electron chi connectivity index (χ1n) is 4.56. The number of hydrogen-bond donors (Lipinski definition) is 0. The molecule has 75 valence electrons. The van der Waals surface area contributed by atoms with Crippen LogP contribution in [0.2, 0.25) is 5.02 Å². The lowest BCUT2D eigenvalue weighted by atomic mass is 10.0. The maximum absolute atomic E-state index is 5.94. The Kier molecular flexibility index (Phi) is 4.02. The van der Waals surface area contributed by atoms with Crippen LogP contribution in [-0.2, 0) is 0 Å². The minimum absolute atomic E-state index is 0.0490. The summed E-state index contributed by atoms with van der Waals surface area (Å²) in [5.74, 6) is 0.832. The molecule has 1 atom stereocenters. The van der Waals surface area contributed by atoms with Crippen LogP contribution >= 0.6 is 11.6 Å². The largest absolute Gasteiger partial charge is 0.494 e. The predicted octanol–water partition coefficient (Wildman–Crippen LogP) is 3.84. The standard InChI is InChI=1S/C12H14ClO/c1-4-9(3)10-6-11(13)8-12(7-10)14-5-2/h4,6-9H,1,3,5H2,2H3. The molecule has 1 radical (unpaired) electrons. The summed E-state index contributed by atoms with van der Waals surface area (Å²) in [6, 6.07) is 5.61. The van der Waals surface area contributed by atoms with Crippen molar-refractivity contribution in [2.45, 2.75) is 12.8 Å². The Morgan fingerprint density at radius 1 is 1.50 bits per heavy atom. The molecule has 0 saturated carbocycles. The van der Waals surface area contributed by atoms with Gasteiger partial charge in [0.1, 0.15) is 5.75 Å². The first-order valence-corrected chi connectivity index (χ1v) is 4.94. The minimum atomic E-state index is 0.0490. The Labute approximate surface area is 90.3 Å². The van der Waals surface area contributed by atoms with Gasteiger partial charge in [-0.05, 0) is 37.6 Å². The van der Waals surface area contributed by atoms with Crippen molar-refractivity contribution < 1.29 is 4.74 Å². The second-order valence-corrected chi connectivity index (χ2v) is 3.43. The van der Waals surface area contributed by atoms with Gasteiger partial charge in [0.15, 0.2) is 0 Å². The summed E-state index contributed by atoms with van der Waals surface area (Å²) in [4.78, 5) is 0. The molecule has 0 N–H and O–H groups in total. The molecule has 0 bridgehead atoms. The number of allylic oxidation sites excluding steroid dienone is 1. The maximum Gasteiger partial charge on any atom is 0.121 e. The fourth-order valence-electron chi connectivity index (χ4n) is 1.18. The maximum atomic E-state index is 5.94. The molecule has 0 amide bonds. The molecule has 1 rings (SSSR count). The molecular formula is C12H14ClO. The first-order chi connectivity index (χ1) is 6.67. The highest BCUT2D eigenvalue weighted by atomic mass is 35.5. The molecule has 1 aromatic carbocycles. The Bertz CT molecular complexity index is 320. The van der Waals surface area contributed by atoms with E-state index >= 15 is 0 Å². The van der Waals surface area contributed by atoms with Gasteiger partial charge in [0.25, 0.3) is 0 Å². The lowest BCUT2D eigenvalue weighted by Crippen LogP contribution is -1.94. The molecule has 0 spiro atoms. The molecule has 0 heterocycles. The Morgan fingerprint density at radius 2 is 2.21 bits per heavy atom. The molecule has 0 aliphatic carbocycles. The van der Waals surface area contributed by atoms with E-state index in [1.54, 1.807) is 12.1 Å². The van der Waals surface area contributed by atoms with Gasteiger partial charge in [0.05, 0.1) is 6.61 Å². The van der Waals surface area contributed by atoms with Crippen molar-refractivity contribution in [3.63, 3.8) is 0 Å². The van der Waals surface area contributed by atoms with Gasteiger partial charge in [0, 0.05) is 10.9 Å². The summed E-state index contributed by atoms with van der Waals surface area (Å²) in [7, 11) is 0. The van der Waals surface area contributed by atoms with Crippen LogP contribution in [0.1, 0.15) is 18.4 Å². The van der Waals surface area contributed by atoms with Gasteiger partial charge in [-0.2, -0.15) is 0 Å². The average molecular weight is 210 g/mol. The Hall–Kier alpha value is -0.950. The van der Waals surface area contributed by atoms with Crippen molar-refractivity contribution in [1.29, 1.82) is 0 Å². The lowest BCUT2D eigenvalue weighted by molar-refractivity contribution is 0.340. The second kappa shape index (κ2) is 5.06. The highest BCUT2D eigenvalue weighted by Crippen LogP contribution is 2.26. The van der Waals surface area contributed by atoms with Crippen molar-refractivity contribution in [3.8, 4) is 5.75 Å². The normalized spacial score (nSPS) is 12.2. The third kappa shape index (κ3) is 2.78. The molecule has 0 aliphatic rings. The van der Waals surface area contributed by atoms with Crippen molar-refractivity contribution in [1.82, 2.24) is 0 Å². The minimum Gasteiger partial charge on any atom is -0.494 e. The predicted molar refractivity (Wildman–Crippen MR) is 60.9 cm³/mol. The number of benzene rings is 1. The summed E-state index contributed by atoms with van der Waals surface area (Å²) < 4.78 is 5.38. The molecule has 14 heavy (non-hydrogen) atoms. The molecule has 1 aromatic rings. The summed E-state index contributed by atoms with van der Waals surface area (Å²) in [6.07, 6.45) is 1.78. The number of halogens is 1. The zero-order chi connectivity index (χ0) is 10.6. The van der Waals surface area contributed by atoms with E-state index in [0.29, 0.717) is 11.6 Å². The third-order valence-corrected chi connectivity index (χ3v) is 2.14. The molecule has 0 aliphatic heterocycles. The van der Waals surface area contributed by atoms with Crippen LogP contribution < -0.4 is 4.74 Å². The molecule has 1 unspecified atom stereocenters. The summed E-state index contributed by atoms with van der Waals surface area (Å²) >= 11 is 5.94. The van der Waals surface area contributed by atoms with E-state index in [-0.39, 0.29) is 5.92 Å². The highest BCUT2D eigenvalue weighted by Gasteiger charge is 2.04. The van der Waals surface area contributed by atoms with E-state index < -0.39 is 0 Å². The zero-order valence-electron chi connectivity index (χ0n) is 8.29. The van der Waals surface area contributed by atoms with Crippen LogP contribution in [0.15, 0.2) is 30.9 Å². The van der Waals surface area contributed by atoms with Gasteiger partial charge >= 0.3 is 0 Å². The van der Waals surface area contributed by atoms with Crippen molar-refractivity contribution in [2.75, 3.05) is 6.61 Å². The quantitative estimate of drug-likeness (QED) is 0.685. The first kappa shape index (κ1) is 11.1. The van der Waals surface area contributed by atoms with E-state index in [1.807, 2.05) is 19.1 Å². The zero-order valence-corrected chi connectivity index (χ0v) is 9.05. The lowest BCUT2D eigenvalue weighted by Gasteiger charge is -2.10. The molecule has 0 fully saturated rings. The Balaban J connectivity index is 3.00. The van der Waals surface area contributed by atoms with Crippen LogP contribution in [0.5, 0.6) is 5.75 Å². The summed E-state index contributed by atoms with van der Waals surface area (Å²) in [5, 5.41) is 0.668. The summed E-state index contributed by atoms with van der Waals surface area (Å²) in [5.41, 5.74) is 1.02. The van der Waals surface area contributed by atoms with Gasteiger partial charge in [-0.15, -0.1) is 6.58 Å². The van der Waals surface area contributed by atoms with Crippen LogP contribution in [0.25, 0.3) is 0 Å². The van der Waals surface area contributed by atoms with E-state index in [0.717, 1.165) is 11.3 Å². The fraction of sp³-hybridized carbons (Fsp3) is 0.250. The SMILES string of the molecule is [CH2]C(C=C)c1cc(Cl)cc(OCC)c1. The van der Waals surface area contributed by atoms with E-state index in [9.17, 15) is 0 Å². The van der Waals surface area contributed by atoms with Crippen LogP contribution in [-0.4, -0.2) is 6.61 Å². The van der Waals surface area contributed by atoms with Gasteiger partial charge in [-0.3, -0.25) is 0 Å². The van der Waals surface area contributed by atoms with Gasteiger partial charge < -0.3 is 4.74 Å². The second-order valence-electron chi connectivity index (χ2n) is 3.00. The van der Waals surface area contributed by atoms with Crippen molar-refractivity contribution in [2.24, 2.45) is 0 Å². The average Bonchev–Trinajstić information content (AvgIpc) is 2.16. The van der Waals surface area contributed by atoms with Gasteiger partial charge in [0.2, 0.25) is 0 Å². The van der Waals surface area contributed by atoms with E-state index in [2.05, 4.69) is 13.5 Å². The van der Waals surface area contributed by atoms with E-state index in [4.69, 9.17) is 16.3 Å².